The zero-order valence-electron chi connectivity index (χ0n) is 12.9. The van der Waals surface area contributed by atoms with E-state index in [4.69, 9.17) is 0 Å². The summed E-state index contributed by atoms with van der Waals surface area (Å²) in [5, 5.41) is 1.15. The molecular weight excluding hydrogens is 327 g/mol. The van der Waals surface area contributed by atoms with Gasteiger partial charge in [-0.25, -0.2) is 17.5 Å². The molecule has 2 aromatic carbocycles. The fourth-order valence-corrected chi connectivity index (χ4v) is 4.64. The number of hydrogen-bond acceptors (Lipinski definition) is 2. The second-order valence-corrected chi connectivity index (χ2v) is 7.86. The van der Waals surface area contributed by atoms with Crippen LogP contribution in [0.1, 0.15) is 17.7 Å². The van der Waals surface area contributed by atoms with Crippen LogP contribution < -0.4 is 4.72 Å². The van der Waals surface area contributed by atoms with E-state index in [1.54, 1.807) is 0 Å². The summed E-state index contributed by atoms with van der Waals surface area (Å²) in [6.07, 6.45) is 2.20. The minimum Gasteiger partial charge on any atom is -0.358 e. The number of aryl methyl sites for hydroxylation is 1. The van der Waals surface area contributed by atoms with E-state index in [9.17, 15) is 12.8 Å². The van der Waals surface area contributed by atoms with Gasteiger partial charge in [0.25, 0.3) is 0 Å². The quantitative estimate of drug-likeness (QED) is 0.767. The van der Waals surface area contributed by atoms with Crippen molar-refractivity contribution in [2.24, 2.45) is 0 Å². The van der Waals surface area contributed by atoms with Crippen LogP contribution in [0.15, 0.2) is 53.4 Å². The van der Waals surface area contributed by atoms with Crippen molar-refractivity contribution in [1.82, 2.24) is 9.71 Å². The number of aromatic nitrogens is 1. The highest BCUT2D eigenvalue weighted by Crippen LogP contribution is 2.29. The Balaban J connectivity index is 1.59. The molecule has 0 aliphatic heterocycles. The number of halogens is 1. The summed E-state index contributed by atoms with van der Waals surface area (Å²) < 4.78 is 40.7. The van der Waals surface area contributed by atoms with Gasteiger partial charge in [0.05, 0.1) is 4.90 Å². The summed E-state index contributed by atoms with van der Waals surface area (Å²) >= 11 is 0. The van der Waals surface area contributed by atoms with E-state index >= 15 is 0 Å². The fraction of sp³-hybridized carbons (Fsp3) is 0.222. The van der Waals surface area contributed by atoms with Crippen molar-refractivity contribution in [2.75, 3.05) is 0 Å². The predicted octanol–water partition coefficient (Wildman–Crippen LogP) is 3.14. The van der Waals surface area contributed by atoms with E-state index in [2.05, 4.69) is 15.8 Å². The highest BCUT2D eigenvalue weighted by atomic mass is 32.2. The summed E-state index contributed by atoms with van der Waals surface area (Å²) in [5.74, 6) is -0.449. The lowest BCUT2D eigenvalue weighted by molar-refractivity contribution is 0.506. The van der Waals surface area contributed by atoms with E-state index in [1.807, 2.05) is 18.2 Å². The molecule has 4 nitrogen and oxygen atoms in total. The molecule has 1 aliphatic carbocycles. The third kappa shape index (κ3) is 2.72. The number of benzene rings is 2. The average Bonchev–Trinajstić information content (AvgIpc) is 2.93. The van der Waals surface area contributed by atoms with Crippen LogP contribution in [-0.4, -0.2) is 19.4 Å². The number of rotatable bonds is 3. The molecule has 1 atom stereocenters. The van der Waals surface area contributed by atoms with Gasteiger partial charge in [-0.2, -0.15) is 0 Å². The topological polar surface area (TPSA) is 62.0 Å². The average molecular weight is 344 g/mol. The Morgan fingerprint density at radius 2 is 1.83 bits per heavy atom. The van der Waals surface area contributed by atoms with E-state index in [0.717, 1.165) is 35.9 Å². The molecule has 1 aromatic heterocycles. The molecular formula is C18H17FN2O2S. The molecule has 3 aromatic rings. The molecule has 0 radical (unpaired) electrons. The van der Waals surface area contributed by atoms with Crippen molar-refractivity contribution >= 4 is 20.9 Å². The largest absolute Gasteiger partial charge is 0.358 e. The molecule has 0 fully saturated rings. The van der Waals surface area contributed by atoms with Gasteiger partial charge in [-0.1, -0.05) is 18.2 Å². The Kier molecular flexibility index (Phi) is 3.66. The second kappa shape index (κ2) is 5.72. The maximum Gasteiger partial charge on any atom is 0.240 e. The van der Waals surface area contributed by atoms with Crippen molar-refractivity contribution in [3.05, 3.63) is 65.6 Å². The Labute approximate surface area is 139 Å². The zero-order chi connectivity index (χ0) is 16.7. The first-order valence-corrected chi connectivity index (χ1v) is 9.37. The molecule has 1 heterocycles. The zero-order valence-corrected chi connectivity index (χ0v) is 13.7. The number of aromatic amines is 1. The van der Waals surface area contributed by atoms with Gasteiger partial charge in [-0.05, 0) is 55.2 Å². The molecule has 2 N–H and O–H groups in total. The van der Waals surface area contributed by atoms with Crippen molar-refractivity contribution in [1.29, 1.82) is 0 Å². The molecule has 0 saturated carbocycles. The Morgan fingerprint density at radius 1 is 1.08 bits per heavy atom. The maximum atomic E-state index is 13.0. The van der Waals surface area contributed by atoms with Gasteiger partial charge in [0, 0.05) is 22.6 Å². The molecule has 0 amide bonds. The van der Waals surface area contributed by atoms with Crippen LogP contribution in [0.5, 0.6) is 0 Å². The summed E-state index contributed by atoms with van der Waals surface area (Å²) in [4.78, 5) is 3.51. The van der Waals surface area contributed by atoms with Gasteiger partial charge in [0.1, 0.15) is 5.82 Å². The molecule has 0 saturated heterocycles. The monoisotopic (exact) mass is 344 g/mol. The van der Waals surface area contributed by atoms with E-state index < -0.39 is 15.8 Å². The van der Waals surface area contributed by atoms with Gasteiger partial charge in [-0.3, -0.25) is 0 Å². The summed E-state index contributed by atoms with van der Waals surface area (Å²) in [5.41, 5.74) is 3.46. The lowest BCUT2D eigenvalue weighted by Crippen LogP contribution is -2.38. The minimum atomic E-state index is -3.64. The SMILES string of the molecule is O=S(=O)(N[C@H]1CCc2[nH]c3ccccc3c2C1)c1ccc(F)cc1. The summed E-state index contributed by atoms with van der Waals surface area (Å²) in [6, 6.07) is 12.8. The molecule has 124 valence electrons. The number of fused-ring (bicyclic) bond motifs is 3. The Bertz CT molecular complexity index is 994. The number of hydrogen-bond donors (Lipinski definition) is 2. The molecule has 6 heteroatoms. The third-order valence-electron chi connectivity index (χ3n) is 4.54. The summed E-state index contributed by atoms with van der Waals surface area (Å²) in [6.45, 7) is 0. The highest BCUT2D eigenvalue weighted by molar-refractivity contribution is 7.89. The first-order valence-electron chi connectivity index (χ1n) is 7.89. The Hall–Kier alpha value is -2.18. The van der Waals surface area contributed by atoms with Gasteiger partial charge in [0.2, 0.25) is 10.0 Å². The second-order valence-electron chi connectivity index (χ2n) is 6.14. The maximum absolute atomic E-state index is 13.0. The van der Waals surface area contributed by atoms with E-state index in [0.29, 0.717) is 6.42 Å². The van der Waals surface area contributed by atoms with Crippen molar-refractivity contribution in [2.45, 2.75) is 30.2 Å². The van der Waals surface area contributed by atoms with Crippen LogP contribution in [-0.2, 0) is 22.9 Å². The normalized spacial score (nSPS) is 17.8. The molecule has 0 bridgehead atoms. The van der Waals surface area contributed by atoms with Gasteiger partial charge in [-0.15, -0.1) is 0 Å². The number of H-pyrrole nitrogens is 1. The lowest BCUT2D eigenvalue weighted by atomic mass is 9.92. The molecule has 0 spiro atoms. The summed E-state index contributed by atoms with van der Waals surface area (Å²) in [7, 11) is -3.64. The molecule has 0 unspecified atom stereocenters. The number of para-hydroxylation sites is 1. The van der Waals surface area contributed by atoms with Crippen molar-refractivity contribution in [3.8, 4) is 0 Å². The van der Waals surface area contributed by atoms with Crippen LogP contribution in [0.2, 0.25) is 0 Å². The third-order valence-corrected chi connectivity index (χ3v) is 6.08. The van der Waals surface area contributed by atoms with Crippen LogP contribution in [0.4, 0.5) is 4.39 Å². The molecule has 24 heavy (non-hydrogen) atoms. The highest BCUT2D eigenvalue weighted by Gasteiger charge is 2.26. The Morgan fingerprint density at radius 3 is 2.62 bits per heavy atom. The molecule has 1 aliphatic rings. The van der Waals surface area contributed by atoms with Crippen LogP contribution in [0, 0.1) is 5.82 Å². The number of sulfonamides is 1. The standard InChI is InChI=1S/C18H17FN2O2S/c19-12-5-8-14(9-6-12)24(22,23)21-13-7-10-18-16(11-13)15-3-1-2-4-17(15)20-18/h1-6,8-9,13,20-21H,7,10-11H2/t13-/m0/s1. The minimum absolute atomic E-state index is 0.0913. The van der Waals surface area contributed by atoms with Crippen molar-refractivity contribution < 1.29 is 12.8 Å². The van der Waals surface area contributed by atoms with Gasteiger partial charge < -0.3 is 4.98 Å². The van der Waals surface area contributed by atoms with Crippen LogP contribution in [0.3, 0.4) is 0 Å². The van der Waals surface area contributed by atoms with E-state index in [-0.39, 0.29) is 10.9 Å². The fourth-order valence-electron chi connectivity index (χ4n) is 3.37. The number of nitrogens with one attached hydrogen (secondary N) is 2. The van der Waals surface area contributed by atoms with Crippen LogP contribution in [0.25, 0.3) is 10.9 Å². The first kappa shape index (κ1) is 15.4. The van der Waals surface area contributed by atoms with Crippen LogP contribution >= 0.6 is 0 Å². The van der Waals surface area contributed by atoms with E-state index in [1.165, 1.54) is 23.4 Å². The first-order chi connectivity index (χ1) is 11.5. The predicted molar refractivity (Wildman–Crippen MR) is 90.8 cm³/mol. The smallest absolute Gasteiger partial charge is 0.240 e. The van der Waals surface area contributed by atoms with Gasteiger partial charge >= 0.3 is 0 Å². The van der Waals surface area contributed by atoms with Crippen molar-refractivity contribution in [3.63, 3.8) is 0 Å². The lowest BCUT2D eigenvalue weighted by Gasteiger charge is -2.23. The van der Waals surface area contributed by atoms with Gasteiger partial charge in [0.15, 0.2) is 0 Å². The molecule has 4 rings (SSSR count).